The molecule has 1 aromatic carbocycles. The second-order valence-electron chi connectivity index (χ2n) is 5.50. The van der Waals surface area contributed by atoms with Crippen LogP contribution in [-0.2, 0) is 0 Å². The Labute approximate surface area is 122 Å². The van der Waals surface area contributed by atoms with Crippen molar-refractivity contribution in [3.05, 3.63) is 47.0 Å². The van der Waals surface area contributed by atoms with Crippen LogP contribution in [0.2, 0.25) is 5.02 Å². The Kier molecular flexibility index (Phi) is 2.75. The third-order valence-corrected chi connectivity index (χ3v) is 4.24. The van der Waals surface area contributed by atoms with E-state index in [-0.39, 0.29) is 6.10 Å². The number of hydrogen-bond donors (Lipinski definition) is 1. The first-order valence-electron chi connectivity index (χ1n) is 6.88. The van der Waals surface area contributed by atoms with E-state index in [1.165, 1.54) is 12.8 Å². The molecule has 1 N–H and O–H groups in total. The number of ether oxygens (including phenoxy) is 1. The summed E-state index contributed by atoms with van der Waals surface area (Å²) in [6.45, 7) is 0. The third kappa shape index (κ3) is 2.00. The van der Waals surface area contributed by atoms with Crippen LogP contribution in [0.15, 0.2) is 30.7 Å². The lowest BCUT2D eigenvalue weighted by molar-refractivity contribution is 0.0618. The summed E-state index contributed by atoms with van der Waals surface area (Å²) in [5, 5.41) is 11.0. The van der Waals surface area contributed by atoms with Gasteiger partial charge < -0.3 is 14.4 Å². The number of benzene rings is 1. The van der Waals surface area contributed by atoms with E-state index in [1.54, 1.807) is 12.1 Å². The summed E-state index contributed by atoms with van der Waals surface area (Å²) in [5.74, 6) is 0.710. The number of nitrogens with zero attached hydrogens (tertiary/aromatic N) is 2. The first-order valence-corrected chi connectivity index (χ1v) is 7.26. The standard InChI is InChI=1S/C15H15ClN2O2/c16-9-1-4-14-11(5-9)13(19)6-15(20-14)12-7-17-8-18(12)10-2-3-10/h1,4-5,7-8,10,13,15,19H,2-3,6H2/t13-,15?/m0/s1. The highest BCUT2D eigenvalue weighted by atomic mass is 35.5. The monoisotopic (exact) mass is 290 g/mol. The molecule has 1 aliphatic heterocycles. The molecule has 0 spiro atoms. The molecule has 0 saturated heterocycles. The van der Waals surface area contributed by atoms with Crippen molar-refractivity contribution in [2.24, 2.45) is 0 Å². The highest BCUT2D eigenvalue weighted by molar-refractivity contribution is 6.30. The summed E-state index contributed by atoms with van der Waals surface area (Å²) in [4.78, 5) is 4.23. The molecule has 1 saturated carbocycles. The molecule has 104 valence electrons. The van der Waals surface area contributed by atoms with Crippen molar-refractivity contribution in [1.82, 2.24) is 9.55 Å². The lowest BCUT2D eigenvalue weighted by Crippen LogP contribution is -2.21. The smallest absolute Gasteiger partial charge is 0.143 e. The van der Waals surface area contributed by atoms with E-state index in [4.69, 9.17) is 16.3 Å². The molecule has 0 amide bonds. The molecule has 1 fully saturated rings. The van der Waals surface area contributed by atoms with Gasteiger partial charge in [0.2, 0.25) is 0 Å². The quantitative estimate of drug-likeness (QED) is 0.922. The number of hydrogen-bond acceptors (Lipinski definition) is 3. The zero-order valence-electron chi connectivity index (χ0n) is 10.9. The fourth-order valence-electron chi connectivity index (χ4n) is 2.82. The van der Waals surface area contributed by atoms with Gasteiger partial charge in [-0.1, -0.05) is 11.6 Å². The van der Waals surface area contributed by atoms with Crippen molar-refractivity contribution in [3.8, 4) is 5.75 Å². The van der Waals surface area contributed by atoms with E-state index < -0.39 is 6.10 Å². The van der Waals surface area contributed by atoms with Crippen molar-refractivity contribution in [1.29, 1.82) is 0 Å². The molecule has 2 aromatic rings. The Balaban J connectivity index is 1.68. The largest absolute Gasteiger partial charge is 0.484 e. The van der Waals surface area contributed by atoms with Gasteiger partial charge in [0.1, 0.15) is 11.9 Å². The van der Waals surface area contributed by atoms with Crippen LogP contribution in [0.3, 0.4) is 0 Å². The van der Waals surface area contributed by atoms with Crippen molar-refractivity contribution in [3.63, 3.8) is 0 Å². The minimum Gasteiger partial charge on any atom is -0.484 e. The minimum atomic E-state index is -0.551. The highest BCUT2D eigenvalue weighted by Gasteiger charge is 2.33. The van der Waals surface area contributed by atoms with Gasteiger partial charge in [-0.3, -0.25) is 0 Å². The van der Waals surface area contributed by atoms with Crippen molar-refractivity contribution in [2.75, 3.05) is 0 Å². The van der Waals surface area contributed by atoms with Crippen LogP contribution in [0.5, 0.6) is 5.75 Å². The molecule has 5 heteroatoms. The maximum atomic E-state index is 10.3. The second-order valence-corrected chi connectivity index (χ2v) is 5.93. The predicted octanol–water partition coefficient (Wildman–Crippen LogP) is 3.43. The van der Waals surface area contributed by atoms with Gasteiger partial charge in [-0.05, 0) is 31.0 Å². The van der Waals surface area contributed by atoms with Crippen LogP contribution in [0, 0.1) is 0 Å². The Morgan fingerprint density at radius 3 is 3.00 bits per heavy atom. The molecule has 1 aromatic heterocycles. The zero-order chi connectivity index (χ0) is 13.7. The lowest BCUT2D eigenvalue weighted by atomic mass is 9.97. The topological polar surface area (TPSA) is 47.3 Å². The molecule has 20 heavy (non-hydrogen) atoms. The Morgan fingerprint density at radius 2 is 2.20 bits per heavy atom. The molecule has 4 nitrogen and oxygen atoms in total. The summed E-state index contributed by atoms with van der Waals surface area (Å²) in [5.41, 5.74) is 1.82. The summed E-state index contributed by atoms with van der Waals surface area (Å²) in [7, 11) is 0. The minimum absolute atomic E-state index is 0.151. The Bertz CT molecular complexity index is 651. The molecule has 1 unspecified atom stereocenters. The Hall–Kier alpha value is -1.52. The van der Waals surface area contributed by atoms with Crippen LogP contribution in [0.4, 0.5) is 0 Å². The highest BCUT2D eigenvalue weighted by Crippen LogP contribution is 2.44. The van der Waals surface area contributed by atoms with Gasteiger partial charge in [0.05, 0.1) is 24.3 Å². The number of aliphatic hydroxyl groups excluding tert-OH is 1. The van der Waals surface area contributed by atoms with E-state index >= 15 is 0 Å². The number of rotatable bonds is 2. The van der Waals surface area contributed by atoms with E-state index in [9.17, 15) is 5.11 Å². The van der Waals surface area contributed by atoms with Crippen LogP contribution in [-0.4, -0.2) is 14.7 Å². The van der Waals surface area contributed by atoms with Crippen molar-refractivity contribution in [2.45, 2.75) is 37.5 Å². The molecular formula is C15H15ClN2O2. The number of halogens is 1. The van der Waals surface area contributed by atoms with Gasteiger partial charge in [-0.15, -0.1) is 0 Å². The maximum Gasteiger partial charge on any atom is 0.143 e. The van der Waals surface area contributed by atoms with E-state index in [2.05, 4.69) is 9.55 Å². The molecule has 2 atom stereocenters. The van der Waals surface area contributed by atoms with Gasteiger partial charge in [0.15, 0.2) is 0 Å². The van der Waals surface area contributed by atoms with Gasteiger partial charge >= 0.3 is 0 Å². The van der Waals surface area contributed by atoms with Gasteiger partial charge in [-0.25, -0.2) is 4.98 Å². The number of imidazole rings is 1. The molecule has 2 heterocycles. The van der Waals surface area contributed by atoms with Crippen LogP contribution in [0.25, 0.3) is 0 Å². The summed E-state index contributed by atoms with van der Waals surface area (Å²) in [6.07, 6.45) is 5.93. The van der Waals surface area contributed by atoms with E-state index in [1.807, 2.05) is 18.6 Å². The molecule has 4 rings (SSSR count). The molecule has 1 aliphatic carbocycles. The maximum absolute atomic E-state index is 10.3. The van der Waals surface area contributed by atoms with Crippen molar-refractivity contribution < 1.29 is 9.84 Å². The van der Waals surface area contributed by atoms with Gasteiger partial charge in [-0.2, -0.15) is 0 Å². The number of fused-ring (bicyclic) bond motifs is 1. The number of aliphatic hydroxyl groups is 1. The average molecular weight is 291 g/mol. The lowest BCUT2D eigenvalue weighted by Gasteiger charge is -2.30. The third-order valence-electron chi connectivity index (χ3n) is 4.00. The fraction of sp³-hybridized carbons (Fsp3) is 0.400. The number of aromatic nitrogens is 2. The summed E-state index contributed by atoms with van der Waals surface area (Å²) in [6, 6.07) is 5.94. The second kappa shape index (κ2) is 4.50. The average Bonchev–Trinajstić information content (AvgIpc) is 3.17. The first-order chi connectivity index (χ1) is 9.72. The van der Waals surface area contributed by atoms with Gasteiger partial charge in [0.25, 0.3) is 0 Å². The summed E-state index contributed by atoms with van der Waals surface area (Å²) < 4.78 is 8.22. The van der Waals surface area contributed by atoms with E-state index in [0.717, 1.165) is 11.3 Å². The molecule has 2 aliphatic rings. The van der Waals surface area contributed by atoms with Crippen LogP contribution in [0.1, 0.15) is 48.8 Å². The SMILES string of the molecule is O[C@H]1CC(c2cncn2C2CC2)Oc2ccc(Cl)cc21. The normalized spacial score (nSPS) is 25.1. The van der Waals surface area contributed by atoms with E-state index in [0.29, 0.717) is 23.2 Å². The zero-order valence-corrected chi connectivity index (χ0v) is 11.6. The predicted molar refractivity (Wildman–Crippen MR) is 74.9 cm³/mol. The summed E-state index contributed by atoms with van der Waals surface area (Å²) >= 11 is 5.97. The molecular weight excluding hydrogens is 276 g/mol. The Morgan fingerprint density at radius 1 is 1.35 bits per heavy atom. The van der Waals surface area contributed by atoms with Crippen LogP contribution < -0.4 is 4.74 Å². The van der Waals surface area contributed by atoms with Gasteiger partial charge in [0, 0.05) is 23.0 Å². The fourth-order valence-corrected chi connectivity index (χ4v) is 3.00. The molecule has 0 radical (unpaired) electrons. The van der Waals surface area contributed by atoms with Crippen LogP contribution >= 0.6 is 11.6 Å². The first kappa shape index (κ1) is 12.2. The van der Waals surface area contributed by atoms with Crippen molar-refractivity contribution >= 4 is 11.6 Å². The molecule has 0 bridgehead atoms.